The monoisotopic (exact) mass is 323 g/mol. The highest BCUT2D eigenvalue weighted by molar-refractivity contribution is 7.89. The number of alkyl halides is 1. The van der Waals surface area contributed by atoms with Gasteiger partial charge in [-0.05, 0) is 23.3 Å². The van der Waals surface area contributed by atoms with Crippen LogP contribution in [0.25, 0.3) is 10.8 Å². The SMILES string of the molecule is CC1(C)C(Cl)CC1NS(=O)(=O)c1cccc2ccccc12. The van der Waals surface area contributed by atoms with Gasteiger partial charge in [-0.2, -0.15) is 0 Å². The van der Waals surface area contributed by atoms with Crippen molar-refractivity contribution in [1.82, 2.24) is 4.72 Å². The van der Waals surface area contributed by atoms with Crippen molar-refractivity contribution in [3.8, 4) is 0 Å². The molecule has 0 saturated heterocycles. The standard InChI is InChI=1S/C16H18ClNO2S/c1-16(2)14(17)10-15(16)18-21(19,20)13-9-5-7-11-6-3-4-8-12(11)13/h3-9,14-15,18H,10H2,1-2H3. The van der Waals surface area contributed by atoms with Crippen molar-refractivity contribution in [3.63, 3.8) is 0 Å². The second kappa shape index (κ2) is 4.97. The zero-order valence-corrected chi connectivity index (χ0v) is 13.6. The van der Waals surface area contributed by atoms with E-state index in [9.17, 15) is 8.42 Å². The molecule has 3 nitrogen and oxygen atoms in total. The number of hydrogen-bond donors (Lipinski definition) is 1. The fourth-order valence-electron chi connectivity index (χ4n) is 2.75. The lowest BCUT2D eigenvalue weighted by Gasteiger charge is -2.49. The van der Waals surface area contributed by atoms with Gasteiger partial charge in [0.25, 0.3) is 0 Å². The summed E-state index contributed by atoms with van der Waals surface area (Å²) in [5.74, 6) is 0. The van der Waals surface area contributed by atoms with E-state index in [4.69, 9.17) is 11.6 Å². The lowest BCUT2D eigenvalue weighted by atomic mass is 9.67. The normalized spacial score (nSPS) is 24.7. The Morgan fingerprint density at radius 3 is 2.48 bits per heavy atom. The number of rotatable bonds is 3. The second-order valence-corrected chi connectivity index (χ2v) is 8.38. The van der Waals surface area contributed by atoms with E-state index in [-0.39, 0.29) is 16.8 Å². The molecule has 1 fully saturated rings. The Hall–Kier alpha value is -1.10. The van der Waals surface area contributed by atoms with E-state index < -0.39 is 10.0 Å². The third-order valence-electron chi connectivity index (χ3n) is 4.48. The van der Waals surface area contributed by atoms with Gasteiger partial charge in [-0.1, -0.05) is 50.2 Å². The first kappa shape index (κ1) is 14.8. The van der Waals surface area contributed by atoms with Crippen LogP contribution in [-0.2, 0) is 10.0 Å². The Kier molecular flexibility index (Phi) is 3.51. The van der Waals surface area contributed by atoms with Crippen molar-refractivity contribution in [2.75, 3.05) is 0 Å². The van der Waals surface area contributed by atoms with Crippen molar-refractivity contribution in [2.45, 2.75) is 36.6 Å². The molecule has 1 aliphatic carbocycles. The van der Waals surface area contributed by atoms with E-state index >= 15 is 0 Å². The first-order valence-electron chi connectivity index (χ1n) is 6.96. The van der Waals surface area contributed by atoms with Gasteiger partial charge in [0.05, 0.1) is 4.90 Å². The summed E-state index contributed by atoms with van der Waals surface area (Å²) < 4.78 is 28.2. The molecule has 5 heteroatoms. The highest BCUT2D eigenvalue weighted by atomic mass is 35.5. The lowest BCUT2D eigenvalue weighted by Crippen LogP contribution is -2.59. The third-order valence-corrected chi connectivity index (χ3v) is 6.76. The Labute approximate surface area is 130 Å². The maximum Gasteiger partial charge on any atom is 0.241 e. The fraction of sp³-hybridized carbons (Fsp3) is 0.375. The molecule has 1 saturated carbocycles. The summed E-state index contributed by atoms with van der Waals surface area (Å²) in [5.41, 5.74) is -0.223. The lowest BCUT2D eigenvalue weighted by molar-refractivity contribution is 0.137. The highest BCUT2D eigenvalue weighted by Gasteiger charge is 2.48. The van der Waals surface area contributed by atoms with Gasteiger partial charge >= 0.3 is 0 Å². The van der Waals surface area contributed by atoms with Crippen LogP contribution in [0.2, 0.25) is 0 Å². The first-order chi connectivity index (χ1) is 9.82. The van der Waals surface area contributed by atoms with Gasteiger partial charge in [0.2, 0.25) is 10.0 Å². The van der Waals surface area contributed by atoms with Crippen LogP contribution in [0.3, 0.4) is 0 Å². The molecule has 2 aromatic rings. The number of nitrogens with one attached hydrogen (secondary N) is 1. The Balaban J connectivity index is 1.98. The average Bonchev–Trinajstić information content (AvgIpc) is 2.46. The van der Waals surface area contributed by atoms with Crippen LogP contribution in [0.15, 0.2) is 47.4 Å². The summed E-state index contributed by atoms with van der Waals surface area (Å²) in [7, 11) is -3.55. The van der Waals surface area contributed by atoms with E-state index in [1.807, 2.05) is 44.2 Å². The molecule has 21 heavy (non-hydrogen) atoms. The van der Waals surface area contributed by atoms with E-state index in [1.165, 1.54) is 0 Å². The molecular formula is C16H18ClNO2S. The van der Waals surface area contributed by atoms with Crippen molar-refractivity contribution in [2.24, 2.45) is 5.41 Å². The topological polar surface area (TPSA) is 46.2 Å². The smallest absolute Gasteiger partial charge is 0.207 e. The zero-order valence-electron chi connectivity index (χ0n) is 12.0. The van der Waals surface area contributed by atoms with Gasteiger partial charge in [0, 0.05) is 16.8 Å². The van der Waals surface area contributed by atoms with Crippen LogP contribution in [0.4, 0.5) is 0 Å². The summed E-state index contributed by atoms with van der Waals surface area (Å²) in [6.07, 6.45) is 0.665. The minimum absolute atomic E-state index is 0.0118. The molecule has 1 aliphatic rings. The molecule has 3 rings (SSSR count). The van der Waals surface area contributed by atoms with Crippen LogP contribution in [-0.4, -0.2) is 19.8 Å². The van der Waals surface area contributed by atoms with Crippen LogP contribution >= 0.6 is 11.6 Å². The van der Waals surface area contributed by atoms with Crippen molar-refractivity contribution in [3.05, 3.63) is 42.5 Å². The molecule has 0 heterocycles. The minimum Gasteiger partial charge on any atom is -0.207 e. The van der Waals surface area contributed by atoms with Gasteiger partial charge in [-0.3, -0.25) is 0 Å². The first-order valence-corrected chi connectivity index (χ1v) is 8.88. The maximum atomic E-state index is 12.7. The van der Waals surface area contributed by atoms with Crippen LogP contribution < -0.4 is 4.72 Å². The third kappa shape index (κ3) is 2.45. The minimum atomic E-state index is -3.55. The predicted molar refractivity (Wildman–Crippen MR) is 86.1 cm³/mol. The molecule has 2 unspecified atom stereocenters. The molecule has 1 N–H and O–H groups in total. The molecule has 0 spiro atoms. The largest absolute Gasteiger partial charge is 0.241 e. The molecule has 0 amide bonds. The molecule has 2 aromatic carbocycles. The van der Waals surface area contributed by atoms with E-state index in [0.29, 0.717) is 11.3 Å². The molecule has 0 bridgehead atoms. The number of halogens is 1. The molecule has 2 atom stereocenters. The molecular weight excluding hydrogens is 306 g/mol. The number of fused-ring (bicyclic) bond motifs is 1. The number of benzene rings is 2. The Morgan fingerprint density at radius 2 is 1.81 bits per heavy atom. The average molecular weight is 324 g/mol. The van der Waals surface area contributed by atoms with Gasteiger partial charge in [-0.25, -0.2) is 13.1 Å². The summed E-state index contributed by atoms with van der Waals surface area (Å²) in [6, 6.07) is 12.7. The number of sulfonamides is 1. The summed E-state index contributed by atoms with van der Waals surface area (Å²) >= 11 is 6.17. The van der Waals surface area contributed by atoms with Crippen molar-refractivity contribution in [1.29, 1.82) is 0 Å². The van der Waals surface area contributed by atoms with Crippen LogP contribution in [0, 0.1) is 5.41 Å². The van der Waals surface area contributed by atoms with Crippen molar-refractivity contribution < 1.29 is 8.42 Å². The van der Waals surface area contributed by atoms with Gasteiger partial charge in [-0.15, -0.1) is 11.6 Å². The van der Waals surface area contributed by atoms with Crippen LogP contribution in [0.1, 0.15) is 20.3 Å². The van der Waals surface area contributed by atoms with E-state index in [0.717, 1.165) is 10.8 Å². The maximum absolute atomic E-state index is 12.7. The van der Waals surface area contributed by atoms with Gasteiger partial charge < -0.3 is 0 Å². The van der Waals surface area contributed by atoms with E-state index in [2.05, 4.69) is 4.72 Å². The van der Waals surface area contributed by atoms with Crippen molar-refractivity contribution >= 4 is 32.4 Å². The Bertz CT molecular complexity index is 780. The molecule has 0 radical (unpaired) electrons. The molecule has 112 valence electrons. The fourth-order valence-corrected chi connectivity index (χ4v) is 4.72. The van der Waals surface area contributed by atoms with Gasteiger partial charge in [0.15, 0.2) is 0 Å². The van der Waals surface area contributed by atoms with Gasteiger partial charge in [0.1, 0.15) is 0 Å². The quantitative estimate of drug-likeness (QED) is 0.878. The second-order valence-electron chi connectivity index (χ2n) is 6.18. The van der Waals surface area contributed by atoms with Crippen LogP contribution in [0.5, 0.6) is 0 Å². The molecule has 0 aliphatic heterocycles. The number of hydrogen-bond acceptors (Lipinski definition) is 2. The molecule has 0 aromatic heterocycles. The summed E-state index contributed by atoms with van der Waals surface area (Å²) in [6.45, 7) is 3.98. The van der Waals surface area contributed by atoms with E-state index in [1.54, 1.807) is 12.1 Å². The summed E-state index contributed by atoms with van der Waals surface area (Å²) in [4.78, 5) is 0.328. The highest BCUT2D eigenvalue weighted by Crippen LogP contribution is 2.45. The Morgan fingerprint density at radius 1 is 1.14 bits per heavy atom. The zero-order chi connectivity index (χ0) is 15.3. The summed E-state index contributed by atoms with van der Waals surface area (Å²) in [5, 5.41) is 1.67. The predicted octanol–water partition coefficient (Wildman–Crippen LogP) is 3.52.